The predicted molar refractivity (Wildman–Crippen MR) is 67.2 cm³/mol. The van der Waals surface area contributed by atoms with Crippen molar-refractivity contribution in [3.63, 3.8) is 0 Å². The van der Waals surface area contributed by atoms with Gasteiger partial charge in [0.2, 0.25) is 0 Å². The zero-order valence-electron chi connectivity index (χ0n) is 9.89. The first-order valence-electron chi connectivity index (χ1n) is 5.26. The summed E-state index contributed by atoms with van der Waals surface area (Å²) in [6.07, 6.45) is -0.780. The molecule has 1 unspecified atom stereocenters. The van der Waals surface area contributed by atoms with E-state index in [0.29, 0.717) is 0 Å². The predicted octanol–water partition coefficient (Wildman–Crippen LogP) is 1.53. The Balaban J connectivity index is 2.67. The molecule has 1 aromatic carbocycles. The standard InChI is InChI=1S/C11H10ClFN2O5/c12-6-2-1-5(3-7(6)13)14-11(20)15-8(10(18)19)4-9(16)17/h1-3,8H,4H2,(H,16,17)(H,18,19)(H2,14,15,20). The van der Waals surface area contributed by atoms with Gasteiger partial charge in [-0.25, -0.2) is 14.0 Å². The van der Waals surface area contributed by atoms with Crippen LogP contribution in [0.3, 0.4) is 0 Å². The molecule has 1 rings (SSSR count). The lowest BCUT2D eigenvalue weighted by molar-refractivity contribution is -0.145. The second kappa shape index (κ2) is 6.71. The van der Waals surface area contributed by atoms with Crippen LogP contribution in [0, 0.1) is 5.82 Å². The molecule has 9 heteroatoms. The molecule has 7 nitrogen and oxygen atoms in total. The van der Waals surface area contributed by atoms with Gasteiger partial charge >= 0.3 is 18.0 Å². The Hall–Kier alpha value is -2.35. The Morgan fingerprint density at radius 2 is 1.95 bits per heavy atom. The van der Waals surface area contributed by atoms with Gasteiger partial charge < -0.3 is 20.8 Å². The molecule has 0 aliphatic heterocycles. The second-order valence-electron chi connectivity index (χ2n) is 3.72. The summed E-state index contributed by atoms with van der Waals surface area (Å²) in [5.74, 6) is -3.63. The Kier molecular flexibility index (Phi) is 5.27. The van der Waals surface area contributed by atoms with E-state index < -0.39 is 36.2 Å². The Labute approximate surface area is 117 Å². The van der Waals surface area contributed by atoms with E-state index in [2.05, 4.69) is 5.32 Å². The number of urea groups is 1. The molecule has 0 bridgehead atoms. The maximum absolute atomic E-state index is 13.1. The van der Waals surface area contributed by atoms with Crippen LogP contribution in [0.5, 0.6) is 0 Å². The summed E-state index contributed by atoms with van der Waals surface area (Å²) in [5.41, 5.74) is 0.0452. The van der Waals surface area contributed by atoms with Crippen molar-refractivity contribution in [2.75, 3.05) is 5.32 Å². The molecule has 0 heterocycles. The molecule has 4 N–H and O–H groups in total. The maximum Gasteiger partial charge on any atom is 0.326 e. The first-order chi connectivity index (χ1) is 9.29. The van der Waals surface area contributed by atoms with Crippen molar-refractivity contribution in [2.45, 2.75) is 12.5 Å². The van der Waals surface area contributed by atoms with Crippen LogP contribution in [0.1, 0.15) is 6.42 Å². The largest absolute Gasteiger partial charge is 0.481 e. The minimum atomic E-state index is -1.59. The summed E-state index contributed by atoms with van der Waals surface area (Å²) >= 11 is 5.45. The second-order valence-corrected chi connectivity index (χ2v) is 4.12. The van der Waals surface area contributed by atoms with E-state index >= 15 is 0 Å². The number of anilines is 1. The SMILES string of the molecule is O=C(O)CC(NC(=O)Nc1ccc(Cl)c(F)c1)C(=O)O. The number of carbonyl (C=O) groups excluding carboxylic acids is 1. The Morgan fingerprint density at radius 3 is 2.45 bits per heavy atom. The molecule has 0 fully saturated rings. The molecule has 108 valence electrons. The molecule has 1 atom stereocenters. The summed E-state index contributed by atoms with van der Waals surface area (Å²) in [7, 11) is 0. The van der Waals surface area contributed by atoms with Crippen molar-refractivity contribution >= 4 is 35.3 Å². The van der Waals surface area contributed by atoms with Gasteiger partial charge in [-0.3, -0.25) is 4.79 Å². The number of halogens is 2. The number of benzene rings is 1. The number of aliphatic carboxylic acids is 2. The molecule has 0 radical (unpaired) electrons. The van der Waals surface area contributed by atoms with Crippen LogP contribution in [-0.4, -0.2) is 34.2 Å². The van der Waals surface area contributed by atoms with Gasteiger partial charge in [0, 0.05) is 5.69 Å². The van der Waals surface area contributed by atoms with E-state index in [1.54, 1.807) is 0 Å². The van der Waals surface area contributed by atoms with Crippen LogP contribution in [0.25, 0.3) is 0 Å². The highest BCUT2D eigenvalue weighted by Crippen LogP contribution is 2.18. The molecule has 0 aromatic heterocycles. The number of hydrogen-bond donors (Lipinski definition) is 4. The molecule has 20 heavy (non-hydrogen) atoms. The lowest BCUT2D eigenvalue weighted by atomic mass is 10.2. The van der Waals surface area contributed by atoms with Crippen molar-refractivity contribution in [3.05, 3.63) is 29.0 Å². The minimum absolute atomic E-state index is 0.0452. The van der Waals surface area contributed by atoms with Gasteiger partial charge in [0.15, 0.2) is 0 Å². The highest BCUT2D eigenvalue weighted by molar-refractivity contribution is 6.30. The molecular formula is C11H10ClFN2O5. The third-order valence-electron chi connectivity index (χ3n) is 2.16. The van der Waals surface area contributed by atoms with Gasteiger partial charge in [0.05, 0.1) is 11.4 Å². The quantitative estimate of drug-likeness (QED) is 0.658. The van der Waals surface area contributed by atoms with Crippen molar-refractivity contribution in [1.29, 1.82) is 0 Å². The minimum Gasteiger partial charge on any atom is -0.481 e. The van der Waals surface area contributed by atoms with E-state index in [1.807, 2.05) is 5.32 Å². The van der Waals surface area contributed by atoms with Crippen LogP contribution >= 0.6 is 11.6 Å². The van der Waals surface area contributed by atoms with Crippen LogP contribution in [0.15, 0.2) is 18.2 Å². The lowest BCUT2D eigenvalue weighted by Gasteiger charge is -2.13. The average Bonchev–Trinajstić information content (AvgIpc) is 2.32. The van der Waals surface area contributed by atoms with Crippen molar-refractivity contribution in [3.8, 4) is 0 Å². The van der Waals surface area contributed by atoms with Crippen molar-refractivity contribution in [2.24, 2.45) is 0 Å². The highest BCUT2D eigenvalue weighted by Gasteiger charge is 2.23. The lowest BCUT2D eigenvalue weighted by Crippen LogP contribution is -2.44. The summed E-state index contributed by atoms with van der Waals surface area (Å²) in [6.45, 7) is 0. The van der Waals surface area contributed by atoms with Crippen LogP contribution < -0.4 is 10.6 Å². The number of carbonyl (C=O) groups is 3. The van der Waals surface area contributed by atoms with Crippen molar-refractivity contribution in [1.82, 2.24) is 5.32 Å². The van der Waals surface area contributed by atoms with Crippen molar-refractivity contribution < 1.29 is 29.0 Å². The van der Waals surface area contributed by atoms with Gasteiger partial charge in [-0.15, -0.1) is 0 Å². The van der Waals surface area contributed by atoms with E-state index in [9.17, 15) is 18.8 Å². The topological polar surface area (TPSA) is 116 Å². The first-order valence-corrected chi connectivity index (χ1v) is 5.64. The Morgan fingerprint density at radius 1 is 1.30 bits per heavy atom. The smallest absolute Gasteiger partial charge is 0.326 e. The van der Waals surface area contributed by atoms with Crippen LogP contribution in [0.2, 0.25) is 5.02 Å². The van der Waals surface area contributed by atoms with Gasteiger partial charge in [-0.05, 0) is 18.2 Å². The van der Waals surface area contributed by atoms with Gasteiger partial charge in [-0.2, -0.15) is 0 Å². The summed E-state index contributed by atoms with van der Waals surface area (Å²) in [5, 5.41) is 21.2. The normalized spacial score (nSPS) is 11.5. The van der Waals surface area contributed by atoms with E-state index in [0.717, 1.165) is 6.07 Å². The molecule has 0 saturated heterocycles. The molecule has 0 aliphatic carbocycles. The molecule has 1 aromatic rings. The highest BCUT2D eigenvalue weighted by atomic mass is 35.5. The van der Waals surface area contributed by atoms with Crippen LogP contribution in [-0.2, 0) is 9.59 Å². The summed E-state index contributed by atoms with van der Waals surface area (Å²) in [6, 6.07) is 0.885. The van der Waals surface area contributed by atoms with E-state index in [1.165, 1.54) is 12.1 Å². The Bertz CT molecular complexity index is 552. The van der Waals surface area contributed by atoms with Gasteiger partial charge in [-0.1, -0.05) is 11.6 Å². The molecule has 0 spiro atoms. The summed E-state index contributed by atoms with van der Waals surface area (Å²) in [4.78, 5) is 32.6. The number of nitrogens with one attached hydrogen (secondary N) is 2. The number of amides is 2. The van der Waals surface area contributed by atoms with Crippen LogP contribution in [0.4, 0.5) is 14.9 Å². The molecule has 2 amide bonds. The molecule has 0 aliphatic rings. The molecular weight excluding hydrogens is 295 g/mol. The van der Waals surface area contributed by atoms with Gasteiger partial charge in [0.1, 0.15) is 11.9 Å². The third kappa shape index (κ3) is 4.73. The third-order valence-corrected chi connectivity index (χ3v) is 2.47. The zero-order chi connectivity index (χ0) is 15.3. The number of rotatable bonds is 5. The first kappa shape index (κ1) is 15.7. The number of hydrogen-bond acceptors (Lipinski definition) is 3. The average molecular weight is 305 g/mol. The fourth-order valence-electron chi connectivity index (χ4n) is 1.27. The zero-order valence-corrected chi connectivity index (χ0v) is 10.6. The maximum atomic E-state index is 13.1. The molecule has 0 saturated carbocycles. The van der Waals surface area contributed by atoms with E-state index in [-0.39, 0.29) is 10.7 Å². The van der Waals surface area contributed by atoms with E-state index in [4.69, 9.17) is 21.8 Å². The monoisotopic (exact) mass is 304 g/mol. The fraction of sp³-hybridized carbons (Fsp3) is 0.182. The number of carboxylic acid groups (broad SMARTS) is 2. The number of carboxylic acids is 2. The fourth-order valence-corrected chi connectivity index (χ4v) is 1.39. The van der Waals surface area contributed by atoms with Gasteiger partial charge in [0.25, 0.3) is 0 Å². The summed E-state index contributed by atoms with van der Waals surface area (Å²) < 4.78 is 13.1.